The average molecular weight is 380 g/mol. The molecule has 1 atom stereocenters. The van der Waals surface area contributed by atoms with Gasteiger partial charge in [-0.15, -0.1) is 6.58 Å². The summed E-state index contributed by atoms with van der Waals surface area (Å²) in [5.41, 5.74) is 1.37. The fourth-order valence-electron chi connectivity index (χ4n) is 2.58. The molecule has 0 radical (unpaired) electrons. The number of benzene rings is 1. The highest BCUT2D eigenvalue weighted by molar-refractivity contribution is 8.00. The number of hydrogen-bond acceptors (Lipinski definition) is 5. The smallest absolute Gasteiger partial charge is 0.262 e. The molecule has 0 spiro atoms. The molecule has 3 aromatic rings. The minimum absolute atomic E-state index is 0.129. The van der Waals surface area contributed by atoms with E-state index in [2.05, 4.69) is 21.9 Å². The van der Waals surface area contributed by atoms with Crippen molar-refractivity contribution in [1.29, 1.82) is 0 Å². The number of aromatic nitrogens is 3. The average Bonchev–Trinajstić information content (AvgIpc) is 2.69. The van der Waals surface area contributed by atoms with E-state index in [4.69, 9.17) is 0 Å². The largest absolute Gasteiger partial charge is 0.352 e. The Morgan fingerprint density at radius 3 is 2.89 bits per heavy atom. The first-order valence-corrected chi connectivity index (χ1v) is 9.42. The van der Waals surface area contributed by atoms with Crippen LogP contribution in [0.3, 0.4) is 0 Å². The second-order valence-corrected chi connectivity index (χ2v) is 7.27. The van der Waals surface area contributed by atoms with Crippen LogP contribution in [0.15, 0.2) is 71.4 Å². The molecule has 1 N–H and O–H groups in total. The summed E-state index contributed by atoms with van der Waals surface area (Å²) < 4.78 is 1.60. The number of rotatable bonds is 7. The fourth-order valence-corrected chi connectivity index (χ4v) is 3.51. The van der Waals surface area contributed by atoms with Crippen LogP contribution in [0, 0.1) is 0 Å². The fraction of sp³-hybridized carbons (Fsp3) is 0.200. The molecule has 0 bridgehead atoms. The zero-order valence-electron chi connectivity index (χ0n) is 15.0. The number of nitrogens with zero attached hydrogens (tertiary/aromatic N) is 3. The van der Waals surface area contributed by atoms with Crippen molar-refractivity contribution in [3.8, 4) is 0 Å². The number of nitrogens with one attached hydrogen (secondary N) is 1. The predicted octanol–water partition coefficient (Wildman–Crippen LogP) is 2.62. The quantitative estimate of drug-likeness (QED) is 0.387. The van der Waals surface area contributed by atoms with Crippen molar-refractivity contribution in [2.75, 3.05) is 6.54 Å². The highest BCUT2D eigenvalue weighted by Gasteiger charge is 2.19. The third kappa shape index (κ3) is 4.43. The molecule has 0 aliphatic carbocycles. The van der Waals surface area contributed by atoms with Gasteiger partial charge in [0.25, 0.3) is 5.56 Å². The molecule has 1 unspecified atom stereocenters. The van der Waals surface area contributed by atoms with Crippen molar-refractivity contribution in [2.24, 2.45) is 0 Å². The van der Waals surface area contributed by atoms with Gasteiger partial charge in [0, 0.05) is 18.9 Å². The van der Waals surface area contributed by atoms with Crippen LogP contribution >= 0.6 is 11.8 Å². The SMILES string of the molecule is C=CCNC(=O)C(C)Sc1nc2ccccc2c(=O)n1Cc1cccnc1. The Morgan fingerprint density at radius 1 is 1.33 bits per heavy atom. The zero-order valence-corrected chi connectivity index (χ0v) is 15.8. The van der Waals surface area contributed by atoms with Gasteiger partial charge in [-0.25, -0.2) is 4.98 Å². The van der Waals surface area contributed by atoms with E-state index in [1.165, 1.54) is 11.8 Å². The molecule has 2 aromatic heterocycles. The lowest BCUT2D eigenvalue weighted by molar-refractivity contribution is -0.120. The molecule has 3 rings (SSSR count). The predicted molar refractivity (Wildman–Crippen MR) is 108 cm³/mol. The number of carbonyl (C=O) groups is 1. The topological polar surface area (TPSA) is 76.9 Å². The number of thioether (sulfide) groups is 1. The van der Waals surface area contributed by atoms with Gasteiger partial charge in [-0.05, 0) is 30.7 Å². The Hall–Kier alpha value is -2.93. The summed E-state index contributed by atoms with van der Waals surface area (Å²) in [5.74, 6) is -0.129. The molecular formula is C20H20N4O2S. The molecule has 138 valence electrons. The van der Waals surface area contributed by atoms with Crippen LogP contribution in [-0.2, 0) is 11.3 Å². The van der Waals surface area contributed by atoms with Crippen molar-refractivity contribution >= 4 is 28.6 Å². The number of para-hydroxylation sites is 1. The molecular weight excluding hydrogens is 360 g/mol. The van der Waals surface area contributed by atoms with Crippen molar-refractivity contribution in [2.45, 2.75) is 23.9 Å². The lowest BCUT2D eigenvalue weighted by Crippen LogP contribution is -2.32. The first-order valence-electron chi connectivity index (χ1n) is 8.54. The van der Waals surface area contributed by atoms with Gasteiger partial charge in [-0.2, -0.15) is 0 Å². The second-order valence-electron chi connectivity index (χ2n) is 5.96. The lowest BCUT2D eigenvalue weighted by atomic mass is 10.2. The van der Waals surface area contributed by atoms with Crippen LogP contribution in [0.4, 0.5) is 0 Å². The van der Waals surface area contributed by atoms with Crippen LogP contribution in [0.2, 0.25) is 0 Å². The van der Waals surface area contributed by atoms with Crippen molar-refractivity contribution in [3.05, 3.63) is 77.4 Å². The third-order valence-electron chi connectivity index (χ3n) is 3.96. The summed E-state index contributed by atoms with van der Waals surface area (Å²) >= 11 is 1.26. The number of hydrogen-bond donors (Lipinski definition) is 1. The van der Waals surface area contributed by atoms with Crippen LogP contribution in [-0.4, -0.2) is 32.2 Å². The third-order valence-corrected chi connectivity index (χ3v) is 5.05. The number of amides is 1. The molecule has 2 heterocycles. The molecule has 0 aliphatic heterocycles. The summed E-state index contributed by atoms with van der Waals surface area (Å²) in [6.45, 7) is 6.13. The maximum atomic E-state index is 13.1. The highest BCUT2D eigenvalue weighted by Crippen LogP contribution is 2.23. The van der Waals surface area contributed by atoms with E-state index in [1.807, 2.05) is 24.3 Å². The minimum Gasteiger partial charge on any atom is -0.352 e. The molecule has 6 nitrogen and oxygen atoms in total. The van der Waals surface area contributed by atoms with Gasteiger partial charge in [0.1, 0.15) is 0 Å². The Kier molecular flexibility index (Phi) is 6.03. The summed E-state index contributed by atoms with van der Waals surface area (Å²) in [6, 6.07) is 11.0. The number of fused-ring (bicyclic) bond motifs is 1. The van der Waals surface area contributed by atoms with Gasteiger partial charge in [0.05, 0.1) is 22.7 Å². The van der Waals surface area contributed by atoms with E-state index in [9.17, 15) is 9.59 Å². The summed E-state index contributed by atoms with van der Waals surface area (Å²) in [6.07, 6.45) is 5.03. The first kappa shape index (κ1) is 18.8. The van der Waals surface area contributed by atoms with Crippen molar-refractivity contribution in [3.63, 3.8) is 0 Å². The minimum atomic E-state index is -0.404. The van der Waals surface area contributed by atoms with Crippen LogP contribution in [0.5, 0.6) is 0 Å². The summed E-state index contributed by atoms with van der Waals surface area (Å²) in [4.78, 5) is 34.0. The van der Waals surface area contributed by atoms with E-state index in [0.29, 0.717) is 29.1 Å². The molecule has 27 heavy (non-hydrogen) atoms. The summed E-state index contributed by atoms with van der Waals surface area (Å²) in [7, 11) is 0. The number of carbonyl (C=O) groups excluding carboxylic acids is 1. The Labute approximate surface area is 161 Å². The van der Waals surface area contributed by atoms with Crippen molar-refractivity contribution in [1.82, 2.24) is 19.9 Å². The Balaban J connectivity index is 2.01. The maximum Gasteiger partial charge on any atom is 0.262 e. The summed E-state index contributed by atoms with van der Waals surface area (Å²) in [5, 5.41) is 3.42. The first-order chi connectivity index (χ1) is 13.1. The Morgan fingerprint density at radius 2 is 2.15 bits per heavy atom. The van der Waals surface area contributed by atoms with Crippen LogP contribution in [0.1, 0.15) is 12.5 Å². The van der Waals surface area contributed by atoms with Gasteiger partial charge in [-0.3, -0.25) is 19.1 Å². The van der Waals surface area contributed by atoms with Crippen LogP contribution in [0.25, 0.3) is 10.9 Å². The molecule has 1 amide bonds. The highest BCUT2D eigenvalue weighted by atomic mass is 32.2. The molecule has 1 aromatic carbocycles. The van der Waals surface area contributed by atoms with Gasteiger partial charge >= 0.3 is 0 Å². The molecule has 0 saturated heterocycles. The van der Waals surface area contributed by atoms with E-state index < -0.39 is 5.25 Å². The monoisotopic (exact) mass is 380 g/mol. The normalized spacial score (nSPS) is 11.9. The Bertz CT molecular complexity index is 1020. The number of pyridine rings is 1. The second kappa shape index (κ2) is 8.64. The standard InChI is InChI=1S/C20H20N4O2S/c1-3-10-22-18(25)14(2)27-20-23-17-9-5-4-8-16(17)19(26)24(20)13-15-7-6-11-21-12-15/h3-9,11-12,14H,1,10,13H2,2H3,(H,22,25). The van der Waals surface area contributed by atoms with Gasteiger partial charge in [0.2, 0.25) is 5.91 Å². The molecule has 7 heteroatoms. The lowest BCUT2D eigenvalue weighted by Gasteiger charge is -2.16. The van der Waals surface area contributed by atoms with E-state index in [0.717, 1.165) is 5.56 Å². The zero-order chi connectivity index (χ0) is 19.2. The van der Waals surface area contributed by atoms with E-state index in [-0.39, 0.29) is 11.5 Å². The van der Waals surface area contributed by atoms with Gasteiger partial charge < -0.3 is 5.32 Å². The van der Waals surface area contributed by atoms with E-state index in [1.54, 1.807) is 42.1 Å². The molecule has 0 saturated carbocycles. The van der Waals surface area contributed by atoms with Gasteiger partial charge in [-0.1, -0.05) is 36.0 Å². The van der Waals surface area contributed by atoms with Crippen molar-refractivity contribution < 1.29 is 4.79 Å². The molecule has 0 fully saturated rings. The maximum absolute atomic E-state index is 13.1. The van der Waals surface area contributed by atoms with Crippen LogP contribution < -0.4 is 10.9 Å². The van der Waals surface area contributed by atoms with Gasteiger partial charge in [0.15, 0.2) is 5.16 Å². The van der Waals surface area contributed by atoms with E-state index >= 15 is 0 Å². The molecule has 0 aliphatic rings.